The number of rotatable bonds is 4. The summed E-state index contributed by atoms with van der Waals surface area (Å²) in [7, 11) is -2.49. The molecule has 0 aliphatic carbocycles. The molecular weight excluding hydrogens is 140 g/mol. The summed E-state index contributed by atoms with van der Waals surface area (Å²) < 4.78 is 8.82. The van der Waals surface area contributed by atoms with E-state index in [0.29, 0.717) is 6.61 Å². The molecule has 0 aliphatic heterocycles. The van der Waals surface area contributed by atoms with E-state index in [9.17, 15) is 0 Å². The minimum absolute atomic E-state index is 0.326. The smallest absolute Gasteiger partial charge is 0.367 e. The van der Waals surface area contributed by atoms with Gasteiger partial charge in [-0.3, -0.25) is 0 Å². The van der Waals surface area contributed by atoms with Crippen molar-refractivity contribution in [2.45, 2.75) is 13.3 Å². The Kier molecular flexibility index (Phi) is 3.99. The predicted octanol–water partition coefficient (Wildman–Crippen LogP) is -0.520. The van der Waals surface area contributed by atoms with Gasteiger partial charge in [-0.15, -0.1) is 0 Å². The van der Waals surface area contributed by atoms with Gasteiger partial charge in [0.2, 0.25) is 0 Å². The van der Waals surface area contributed by atoms with Crippen molar-refractivity contribution in [1.82, 2.24) is 0 Å². The number of hydrogen-bond donors (Lipinski definition) is 2. The Morgan fingerprint density at radius 1 is 1.44 bits per heavy atom. The van der Waals surface area contributed by atoms with Crippen LogP contribution >= 0.6 is 0 Å². The lowest BCUT2D eigenvalue weighted by Crippen LogP contribution is -2.41. The van der Waals surface area contributed by atoms with E-state index in [1.54, 1.807) is 0 Å². The molecule has 0 amide bonds. The molecule has 4 nitrogen and oxygen atoms in total. The second kappa shape index (κ2) is 3.97. The van der Waals surface area contributed by atoms with E-state index in [1.807, 2.05) is 6.92 Å². The predicted molar refractivity (Wildman–Crippen MR) is 33.4 cm³/mol. The Morgan fingerprint density at radius 2 is 2.00 bits per heavy atom. The van der Waals surface area contributed by atoms with E-state index < -0.39 is 9.05 Å². The van der Waals surface area contributed by atoms with Crippen LogP contribution in [0, 0.1) is 0 Å². The van der Waals surface area contributed by atoms with Gasteiger partial charge < -0.3 is 18.4 Å². The molecule has 0 saturated heterocycles. The summed E-state index contributed by atoms with van der Waals surface area (Å²) in [5.41, 5.74) is 0. The van der Waals surface area contributed by atoms with Crippen molar-refractivity contribution >= 4 is 9.05 Å². The third-order valence-electron chi connectivity index (χ3n) is 0.760. The average Bonchev–Trinajstić information content (AvgIpc) is 1.84. The highest BCUT2D eigenvalue weighted by atomic mass is 28.4. The van der Waals surface area contributed by atoms with Crippen LogP contribution in [0.4, 0.5) is 0 Å². The van der Waals surface area contributed by atoms with Crippen LogP contribution in [0.2, 0.25) is 0 Å². The maximum Gasteiger partial charge on any atom is 0.673 e. The van der Waals surface area contributed by atoms with Gasteiger partial charge in [0.05, 0.1) is 0 Å². The van der Waals surface area contributed by atoms with Crippen LogP contribution in [-0.4, -0.2) is 32.4 Å². The molecule has 0 fully saturated rings. The van der Waals surface area contributed by atoms with Gasteiger partial charge in [0.15, 0.2) is 0 Å². The molecule has 0 aliphatic rings. The maximum absolute atomic E-state index is 8.70. The van der Waals surface area contributed by atoms with E-state index in [2.05, 4.69) is 8.85 Å². The quantitative estimate of drug-likeness (QED) is 0.532. The van der Waals surface area contributed by atoms with E-state index in [4.69, 9.17) is 9.59 Å². The largest absolute Gasteiger partial charge is 0.673 e. The molecule has 9 heavy (non-hydrogen) atoms. The summed E-state index contributed by atoms with van der Waals surface area (Å²) in [4.78, 5) is 17.4. The average molecular weight is 152 g/mol. The Balaban J connectivity index is 3.33. The molecule has 2 N–H and O–H groups in total. The van der Waals surface area contributed by atoms with Gasteiger partial charge in [-0.2, -0.15) is 0 Å². The van der Waals surface area contributed by atoms with Crippen LogP contribution < -0.4 is 0 Å². The normalized spacial score (nSPS) is 12.0. The first-order chi connectivity index (χ1) is 4.12. The molecule has 0 bridgehead atoms. The summed E-state index contributed by atoms with van der Waals surface area (Å²) in [5, 5.41) is 0. The maximum atomic E-state index is 8.70. The lowest BCUT2D eigenvalue weighted by atomic mass is 10.5. The molecule has 0 heterocycles. The van der Waals surface area contributed by atoms with E-state index in [-0.39, 0.29) is 0 Å². The molecule has 0 atom stereocenters. The van der Waals surface area contributed by atoms with E-state index in [0.717, 1.165) is 6.42 Å². The van der Waals surface area contributed by atoms with Crippen LogP contribution in [0.5, 0.6) is 0 Å². The zero-order valence-corrected chi connectivity index (χ0v) is 6.63. The molecule has 56 valence electrons. The van der Waals surface area contributed by atoms with Crippen LogP contribution in [0.25, 0.3) is 0 Å². The van der Waals surface area contributed by atoms with Gasteiger partial charge in [0.25, 0.3) is 0 Å². The van der Waals surface area contributed by atoms with E-state index in [1.165, 1.54) is 7.11 Å². The fraction of sp³-hybridized carbons (Fsp3) is 1.00. The second-order valence-electron chi connectivity index (χ2n) is 1.60. The van der Waals surface area contributed by atoms with Crippen LogP contribution in [0.1, 0.15) is 13.3 Å². The van der Waals surface area contributed by atoms with Crippen molar-refractivity contribution in [2.75, 3.05) is 13.7 Å². The molecule has 0 aromatic heterocycles. The third-order valence-corrected chi connectivity index (χ3v) is 1.87. The monoisotopic (exact) mass is 152 g/mol. The van der Waals surface area contributed by atoms with Crippen molar-refractivity contribution in [3.63, 3.8) is 0 Å². The topological polar surface area (TPSA) is 58.9 Å². The van der Waals surface area contributed by atoms with Gasteiger partial charge in [-0.05, 0) is 6.42 Å². The lowest BCUT2D eigenvalue weighted by Gasteiger charge is -2.12. The molecule has 0 unspecified atom stereocenters. The zero-order valence-electron chi connectivity index (χ0n) is 5.63. The highest BCUT2D eigenvalue weighted by Gasteiger charge is 2.33. The highest BCUT2D eigenvalue weighted by Crippen LogP contribution is 1.95. The van der Waals surface area contributed by atoms with Crippen molar-refractivity contribution < 1.29 is 18.4 Å². The first kappa shape index (κ1) is 9.06. The molecular formula is C4H12O4Si. The molecule has 5 heteroatoms. The van der Waals surface area contributed by atoms with E-state index >= 15 is 0 Å². The minimum atomic E-state index is -3.70. The van der Waals surface area contributed by atoms with Gasteiger partial charge in [-0.25, -0.2) is 0 Å². The summed E-state index contributed by atoms with van der Waals surface area (Å²) >= 11 is 0. The fourth-order valence-corrected chi connectivity index (χ4v) is 0.882. The molecule has 0 aromatic carbocycles. The molecule has 0 radical (unpaired) electrons. The van der Waals surface area contributed by atoms with Gasteiger partial charge in [0, 0.05) is 13.7 Å². The highest BCUT2D eigenvalue weighted by molar-refractivity contribution is 6.50. The standard InChI is InChI=1S/C4H12O4Si/c1-3-4-8-9(5,6)7-2/h5-6H,3-4H2,1-2H3. The first-order valence-corrected chi connectivity index (χ1v) is 4.47. The molecule has 0 aromatic rings. The van der Waals surface area contributed by atoms with Crippen LogP contribution in [-0.2, 0) is 8.85 Å². The Bertz CT molecular complexity index is 75.0. The minimum Gasteiger partial charge on any atom is -0.367 e. The zero-order chi connectivity index (χ0) is 7.33. The first-order valence-electron chi connectivity index (χ1n) is 2.76. The van der Waals surface area contributed by atoms with Crippen molar-refractivity contribution in [1.29, 1.82) is 0 Å². The molecule has 0 spiro atoms. The summed E-state index contributed by atoms with van der Waals surface area (Å²) in [5.74, 6) is 0. The van der Waals surface area contributed by atoms with Crippen LogP contribution in [0.3, 0.4) is 0 Å². The van der Waals surface area contributed by atoms with Crippen molar-refractivity contribution in [3.8, 4) is 0 Å². The third kappa shape index (κ3) is 4.55. The summed E-state index contributed by atoms with van der Waals surface area (Å²) in [6.07, 6.45) is 0.749. The lowest BCUT2D eigenvalue weighted by molar-refractivity contribution is 0.0424. The van der Waals surface area contributed by atoms with Gasteiger partial charge in [0.1, 0.15) is 0 Å². The van der Waals surface area contributed by atoms with Gasteiger partial charge in [-0.1, -0.05) is 6.92 Å². The summed E-state index contributed by atoms with van der Waals surface area (Å²) in [6.45, 7) is 2.20. The Hall–Kier alpha value is 0.0569. The summed E-state index contributed by atoms with van der Waals surface area (Å²) in [6, 6.07) is 0. The molecule has 0 saturated carbocycles. The second-order valence-corrected chi connectivity index (χ2v) is 3.39. The number of hydrogen-bond acceptors (Lipinski definition) is 4. The van der Waals surface area contributed by atoms with Crippen LogP contribution in [0.15, 0.2) is 0 Å². The van der Waals surface area contributed by atoms with Crippen molar-refractivity contribution in [3.05, 3.63) is 0 Å². The Labute approximate surface area is 55.5 Å². The SMILES string of the molecule is CCCO[Si](O)(O)OC. The van der Waals surface area contributed by atoms with Crippen molar-refractivity contribution in [2.24, 2.45) is 0 Å². The molecule has 0 rings (SSSR count). The Morgan fingerprint density at radius 3 is 2.33 bits per heavy atom. The fourth-order valence-electron chi connectivity index (χ4n) is 0.294. The van der Waals surface area contributed by atoms with Gasteiger partial charge >= 0.3 is 9.05 Å².